The highest BCUT2D eigenvalue weighted by atomic mass is 16.4. The summed E-state index contributed by atoms with van der Waals surface area (Å²) in [7, 11) is 0. The number of carboxylic acids is 1. The molecule has 0 aliphatic carbocycles. The minimum atomic E-state index is -1.03. The summed E-state index contributed by atoms with van der Waals surface area (Å²) in [6, 6.07) is 12.3. The summed E-state index contributed by atoms with van der Waals surface area (Å²) in [6.07, 6.45) is 1.94. The third kappa shape index (κ3) is 3.90. The molecule has 1 saturated heterocycles. The Hall–Kier alpha value is -4.14. The second kappa shape index (κ2) is 9.55. The number of rotatable bonds is 6. The number of nitrogens with zero attached hydrogens (tertiary/aromatic N) is 2. The molecule has 0 unspecified atom stereocenters. The number of para-hydroxylation sites is 1. The van der Waals surface area contributed by atoms with Crippen molar-refractivity contribution < 1.29 is 24.3 Å². The van der Waals surface area contributed by atoms with Gasteiger partial charge in [-0.05, 0) is 42.0 Å². The highest BCUT2D eigenvalue weighted by Gasteiger charge is 2.50. The van der Waals surface area contributed by atoms with E-state index in [1.165, 1.54) is 4.90 Å². The van der Waals surface area contributed by atoms with Gasteiger partial charge >= 0.3 is 5.97 Å². The fourth-order valence-electron chi connectivity index (χ4n) is 6.54. The first-order chi connectivity index (χ1) is 18.8. The number of carboxylic acid groups (broad SMARTS) is 1. The van der Waals surface area contributed by atoms with E-state index >= 15 is 0 Å². The number of carbonyl (C=O) groups is 4. The molecule has 3 aliphatic heterocycles. The van der Waals surface area contributed by atoms with E-state index < -0.39 is 36.0 Å². The molecule has 0 spiro atoms. The van der Waals surface area contributed by atoms with Crippen LogP contribution in [0.4, 0.5) is 0 Å². The lowest BCUT2D eigenvalue weighted by atomic mass is 9.89. The van der Waals surface area contributed by atoms with Gasteiger partial charge in [0.2, 0.25) is 11.8 Å². The molecule has 3 N–H and O–H groups in total. The number of nitrogens with one attached hydrogen (secondary N) is 2. The number of hydrogen-bond acceptors (Lipinski definition) is 4. The van der Waals surface area contributed by atoms with E-state index in [1.54, 1.807) is 11.0 Å². The summed E-state index contributed by atoms with van der Waals surface area (Å²) >= 11 is 0. The van der Waals surface area contributed by atoms with Gasteiger partial charge in [-0.3, -0.25) is 14.4 Å². The zero-order valence-electron chi connectivity index (χ0n) is 22.0. The van der Waals surface area contributed by atoms with Gasteiger partial charge in [-0.1, -0.05) is 56.7 Å². The zero-order chi connectivity index (χ0) is 27.4. The number of aliphatic carboxylic acids is 1. The number of carbonyl (C=O) groups excluding carboxylic acids is 3. The summed E-state index contributed by atoms with van der Waals surface area (Å²) in [5.41, 5.74) is 4.27. The van der Waals surface area contributed by atoms with Gasteiger partial charge in [0, 0.05) is 35.1 Å². The summed E-state index contributed by atoms with van der Waals surface area (Å²) in [5, 5.41) is 13.6. The number of H-pyrrole nitrogens is 1. The lowest BCUT2D eigenvalue weighted by Gasteiger charge is -2.38. The molecule has 5 atom stereocenters. The van der Waals surface area contributed by atoms with Crippen LogP contribution in [-0.4, -0.2) is 68.3 Å². The van der Waals surface area contributed by atoms with Gasteiger partial charge in [0.15, 0.2) is 0 Å². The zero-order valence-corrected chi connectivity index (χ0v) is 22.0. The average molecular weight is 529 g/mol. The molecular weight excluding hydrogens is 496 g/mol. The van der Waals surface area contributed by atoms with Gasteiger partial charge in [-0.15, -0.1) is 0 Å². The fourth-order valence-corrected chi connectivity index (χ4v) is 6.54. The lowest BCUT2D eigenvalue weighted by Crippen LogP contribution is -2.59. The van der Waals surface area contributed by atoms with Crippen LogP contribution in [0.1, 0.15) is 66.3 Å². The molecule has 9 heteroatoms. The number of amides is 3. The summed E-state index contributed by atoms with van der Waals surface area (Å²) in [5.74, 6) is -2.24. The van der Waals surface area contributed by atoms with Crippen molar-refractivity contribution in [3.05, 3.63) is 70.9 Å². The predicted octanol–water partition coefficient (Wildman–Crippen LogP) is 3.24. The first-order valence-electron chi connectivity index (χ1n) is 13.7. The first kappa shape index (κ1) is 25.2. The van der Waals surface area contributed by atoms with E-state index in [0.717, 1.165) is 27.7 Å². The van der Waals surface area contributed by atoms with Crippen LogP contribution >= 0.6 is 0 Å². The van der Waals surface area contributed by atoms with Crippen LogP contribution in [0, 0.1) is 5.92 Å². The minimum Gasteiger partial charge on any atom is -0.480 e. The van der Waals surface area contributed by atoms with Gasteiger partial charge in [0.1, 0.15) is 18.1 Å². The van der Waals surface area contributed by atoms with Crippen molar-refractivity contribution in [3.8, 4) is 0 Å². The molecular formula is C30H32N4O5. The summed E-state index contributed by atoms with van der Waals surface area (Å²) in [4.78, 5) is 59.7. The maximum atomic E-state index is 14.1. The standard InChI is InChI=1S/C30H32N4O5/c1-3-16(2)24(29(37)33-14-8-13-22(33)30(38)39)32-27(35)23-15-20-17-9-6-7-12-21(17)31-25(20)26-18-10-4-5-11-19(18)28(36)34(23)26/h4-7,9-12,16,22-24,26,31H,3,8,13-15H2,1-2H3,(H,32,35)(H,38,39)/t16-,22-,23-,24-,26+/m0/s1. The Morgan fingerprint density at radius 2 is 1.85 bits per heavy atom. The number of hydrogen-bond donors (Lipinski definition) is 3. The van der Waals surface area contributed by atoms with Gasteiger partial charge in [0.25, 0.3) is 5.91 Å². The van der Waals surface area contributed by atoms with E-state index in [-0.39, 0.29) is 17.7 Å². The van der Waals surface area contributed by atoms with Crippen LogP contribution in [0.3, 0.4) is 0 Å². The maximum absolute atomic E-state index is 14.1. The van der Waals surface area contributed by atoms with Crippen LogP contribution in [0.2, 0.25) is 0 Å². The molecule has 0 saturated carbocycles. The molecule has 39 heavy (non-hydrogen) atoms. The van der Waals surface area contributed by atoms with Crippen molar-refractivity contribution in [3.63, 3.8) is 0 Å². The Kier molecular flexibility index (Phi) is 6.16. The average Bonchev–Trinajstić information content (AvgIpc) is 3.65. The largest absolute Gasteiger partial charge is 0.480 e. The van der Waals surface area contributed by atoms with Crippen LogP contribution in [0.15, 0.2) is 48.5 Å². The summed E-state index contributed by atoms with van der Waals surface area (Å²) in [6.45, 7) is 4.17. The quantitative estimate of drug-likeness (QED) is 0.453. The monoisotopic (exact) mass is 528 g/mol. The topological polar surface area (TPSA) is 123 Å². The van der Waals surface area contributed by atoms with E-state index in [0.29, 0.717) is 37.8 Å². The van der Waals surface area contributed by atoms with Crippen molar-refractivity contribution in [1.82, 2.24) is 20.1 Å². The number of fused-ring (bicyclic) bond motifs is 7. The van der Waals surface area contributed by atoms with Gasteiger partial charge in [-0.25, -0.2) is 4.79 Å². The Labute approximate surface area is 226 Å². The van der Waals surface area contributed by atoms with Crippen molar-refractivity contribution in [2.45, 2.75) is 63.7 Å². The van der Waals surface area contributed by atoms with E-state index in [1.807, 2.05) is 56.3 Å². The number of benzene rings is 2. The molecule has 3 aromatic rings. The van der Waals surface area contributed by atoms with Crippen LogP contribution in [0.25, 0.3) is 10.9 Å². The SMILES string of the molecule is CC[C@H](C)[C@H](NC(=O)[C@@H]1Cc2c([nH]c3ccccc23)[C@H]2c3ccccc3C(=O)N21)C(=O)N1CCC[C@H]1C(=O)O. The van der Waals surface area contributed by atoms with Gasteiger partial charge < -0.3 is 25.2 Å². The maximum Gasteiger partial charge on any atom is 0.326 e. The molecule has 3 amide bonds. The molecule has 9 nitrogen and oxygen atoms in total. The minimum absolute atomic E-state index is 0.211. The second-order valence-electron chi connectivity index (χ2n) is 10.9. The molecule has 0 bridgehead atoms. The molecule has 1 fully saturated rings. The molecule has 202 valence electrons. The van der Waals surface area contributed by atoms with Crippen molar-refractivity contribution in [2.24, 2.45) is 5.92 Å². The third-order valence-electron chi connectivity index (χ3n) is 8.75. The third-order valence-corrected chi connectivity index (χ3v) is 8.75. The van der Waals surface area contributed by atoms with Gasteiger partial charge in [-0.2, -0.15) is 0 Å². The van der Waals surface area contributed by atoms with Crippen molar-refractivity contribution in [1.29, 1.82) is 0 Å². The predicted molar refractivity (Wildman–Crippen MR) is 144 cm³/mol. The Balaban J connectivity index is 1.37. The molecule has 4 heterocycles. The molecule has 0 radical (unpaired) electrons. The molecule has 3 aliphatic rings. The Morgan fingerprint density at radius 3 is 2.62 bits per heavy atom. The van der Waals surface area contributed by atoms with E-state index in [9.17, 15) is 24.3 Å². The highest BCUT2D eigenvalue weighted by molar-refractivity contribution is 6.04. The van der Waals surface area contributed by atoms with Gasteiger partial charge in [0.05, 0.1) is 6.04 Å². The smallest absolute Gasteiger partial charge is 0.326 e. The highest BCUT2D eigenvalue weighted by Crippen LogP contribution is 2.46. The Bertz CT molecular complexity index is 1500. The first-order valence-corrected chi connectivity index (χ1v) is 13.7. The van der Waals surface area contributed by atoms with E-state index in [4.69, 9.17) is 0 Å². The molecule has 6 rings (SSSR count). The Morgan fingerprint density at radius 1 is 1.10 bits per heavy atom. The second-order valence-corrected chi connectivity index (χ2v) is 10.9. The van der Waals surface area contributed by atoms with Crippen molar-refractivity contribution >= 4 is 34.6 Å². The van der Waals surface area contributed by atoms with Crippen LogP contribution in [-0.2, 0) is 20.8 Å². The number of aromatic amines is 1. The van der Waals surface area contributed by atoms with Crippen molar-refractivity contribution in [2.75, 3.05) is 6.54 Å². The van der Waals surface area contributed by atoms with Crippen LogP contribution < -0.4 is 5.32 Å². The van der Waals surface area contributed by atoms with E-state index in [2.05, 4.69) is 10.3 Å². The number of aromatic nitrogens is 1. The lowest BCUT2D eigenvalue weighted by molar-refractivity contribution is -0.150. The number of likely N-dealkylation sites (tertiary alicyclic amines) is 1. The van der Waals surface area contributed by atoms with Crippen LogP contribution in [0.5, 0.6) is 0 Å². The fraction of sp³-hybridized carbons (Fsp3) is 0.400. The summed E-state index contributed by atoms with van der Waals surface area (Å²) < 4.78 is 0. The molecule has 1 aromatic heterocycles. The normalized spacial score (nSPS) is 23.2. The molecule has 2 aromatic carbocycles.